The molecule has 0 aliphatic carbocycles. The molecule has 0 atom stereocenters. The smallest absolute Gasteiger partial charge is 0.263 e. The Morgan fingerprint density at radius 2 is 2.00 bits per heavy atom. The van der Waals surface area contributed by atoms with Crippen LogP contribution in [-0.4, -0.2) is 21.1 Å². The van der Waals surface area contributed by atoms with E-state index in [0.29, 0.717) is 5.95 Å². The van der Waals surface area contributed by atoms with Crippen LogP contribution in [-0.2, 0) is 0 Å². The molecule has 18 heavy (non-hydrogen) atoms. The lowest BCUT2D eigenvalue weighted by molar-refractivity contribution is 0.988. The molecule has 0 aliphatic heterocycles. The molecule has 6 nitrogen and oxygen atoms in total. The van der Waals surface area contributed by atoms with Crippen LogP contribution in [0.3, 0.4) is 0 Å². The van der Waals surface area contributed by atoms with Crippen LogP contribution in [0.15, 0.2) is 29.6 Å². The normalized spacial score (nSPS) is 10.3. The zero-order valence-corrected chi connectivity index (χ0v) is 11.0. The van der Waals surface area contributed by atoms with Gasteiger partial charge in [-0.1, -0.05) is 18.2 Å². The van der Waals surface area contributed by atoms with Crippen LogP contribution in [0.1, 0.15) is 16.7 Å². The maximum atomic E-state index is 5.54. The Hall–Kier alpha value is -2.08. The largest absolute Gasteiger partial charge is 0.335 e. The highest BCUT2D eigenvalue weighted by Gasteiger charge is 1.99. The third kappa shape index (κ3) is 2.98. The van der Waals surface area contributed by atoms with Gasteiger partial charge in [-0.2, -0.15) is 5.10 Å². The molecule has 0 saturated heterocycles. The molecule has 1 aromatic carbocycles. The molecule has 96 valence electrons. The first kappa shape index (κ1) is 14.0. The topological polar surface area (TPSA) is 81.1 Å². The molecule has 0 unspecified atom stereocenters. The van der Waals surface area contributed by atoms with Gasteiger partial charge >= 0.3 is 0 Å². The molecule has 0 spiro atoms. The standard InChI is InChI=1S/C11H14N6.ClH/c1-8-4-3-5-9(2)10(8)6-13-15-11-16-14-7-17(11)12;/h3-7H,12H2,1-2H3,(H,15,16);1H. The number of rotatable bonds is 3. The molecule has 2 rings (SSSR count). The number of hydrazone groups is 1. The van der Waals surface area contributed by atoms with Crippen molar-refractivity contribution in [1.29, 1.82) is 0 Å². The van der Waals surface area contributed by atoms with E-state index in [1.54, 1.807) is 6.21 Å². The van der Waals surface area contributed by atoms with E-state index in [0.717, 1.165) is 5.56 Å². The van der Waals surface area contributed by atoms with Gasteiger partial charge in [-0.25, -0.2) is 10.1 Å². The number of benzene rings is 1. The first-order chi connectivity index (χ1) is 8.18. The van der Waals surface area contributed by atoms with Crippen LogP contribution in [0.4, 0.5) is 5.95 Å². The quantitative estimate of drug-likeness (QED) is 0.501. The average molecular weight is 267 g/mol. The van der Waals surface area contributed by atoms with Crippen LogP contribution < -0.4 is 11.3 Å². The summed E-state index contributed by atoms with van der Waals surface area (Å²) >= 11 is 0. The van der Waals surface area contributed by atoms with Crippen molar-refractivity contribution in [2.24, 2.45) is 5.10 Å². The summed E-state index contributed by atoms with van der Waals surface area (Å²) in [5, 5.41) is 11.5. The van der Waals surface area contributed by atoms with E-state index in [2.05, 4.69) is 20.7 Å². The molecular formula is C11H15ClN6. The highest BCUT2D eigenvalue weighted by Crippen LogP contribution is 2.10. The molecule has 7 heteroatoms. The Balaban J connectivity index is 0.00000162. The second-order valence-electron chi connectivity index (χ2n) is 3.74. The Labute approximate surface area is 111 Å². The molecule has 2 aromatic rings. The van der Waals surface area contributed by atoms with Crippen molar-refractivity contribution < 1.29 is 0 Å². The third-order valence-corrected chi connectivity index (χ3v) is 2.47. The Morgan fingerprint density at radius 3 is 2.56 bits per heavy atom. The molecule has 0 radical (unpaired) electrons. The van der Waals surface area contributed by atoms with E-state index in [1.165, 1.54) is 22.1 Å². The van der Waals surface area contributed by atoms with Crippen molar-refractivity contribution in [2.45, 2.75) is 13.8 Å². The molecule has 0 fully saturated rings. The predicted molar refractivity (Wildman–Crippen MR) is 74.6 cm³/mol. The number of nitrogens with two attached hydrogens (primary N) is 1. The van der Waals surface area contributed by atoms with Crippen LogP contribution in [0.25, 0.3) is 0 Å². The highest BCUT2D eigenvalue weighted by molar-refractivity contribution is 5.85. The number of aryl methyl sites for hydroxylation is 2. The van der Waals surface area contributed by atoms with Crippen molar-refractivity contribution >= 4 is 24.6 Å². The molecule has 1 aromatic heterocycles. The zero-order chi connectivity index (χ0) is 12.3. The Morgan fingerprint density at radius 1 is 1.33 bits per heavy atom. The van der Waals surface area contributed by atoms with E-state index in [4.69, 9.17) is 5.84 Å². The predicted octanol–water partition coefficient (Wildman–Crippen LogP) is 1.48. The molecule has 0 bridgehead atoms. The molecule has 0 saturated carbocycles. The summed E-state index contributed by atoms with van der Waals surface area (Å²) in [6.45, 7) is 4.08. The molecule has 3 N–H and O–H groups in total. The third-order valence-electron chi connectivity index (χ3n) is 2.47. The fourth-order valence-corrected chi connectivity index (χ4v) is 1.51. The number of hydrogen-bond donors (Lipinski definition) is 2. The van der Waals surface area contributed by atoms with Crippen LogP contribution in [0.2, 0.25) is 0 Å². The lowest BCUT2D eigenvalue weighted by Gasteiger charge is -2.03. The summed E-state index contributed by atoms with van der Waals surface area (Å²) in [4.78, 5) is 0. The fourth-order valence-electron chi connectivity index (χ4n) is 1.51. The summed E-state index contributed by atoms with van der Waals surface area (Å²) in [7, 11) is 0. The summed E-state index contributed by atoms with van der Waals surface area (Å²) in [6.07, 6.45) is 3.15. The monoisotopic (exact) mass is 266 g/mol. The van der Waals surface area contributed by atoms with Crippen molar-refractivity contribution in [3.63, 3.8) is 0 Å². The number of nitrogens with one attached hydrogen (secondary N) is 1. The minimum Gasteiger partial charge on any atom is -0.335 e. The molecule has 0 amide bonds. The van der Waals surface area contributed by atoms with Gasteiger partial charge in [-0.15, -0.1) is 22.6 Å². The number of aromatic nitrogens is 3. The second-order valence-corrected chi connectivity index (χ2v) is 3.74. The Bertz CT molecular complexity index is 528. The van der Waals surface area contributed by atoms with Crippen molar-refractivity contribution in [3.05, 3.63) is 41.2 Å². The minimum atomic E-state index is 0. The summed E-state index contributed by atoms with van der Waals surface area (Å²) < 4.78 is 1.27. The highest BCUT2D eigenvalue weighted by atomic mass is 35.5. The van der Waals surface area contributed by atoms with Gasteiger partial charge in [-0.05, 0) is 25.0 Å². The van der Waals surface area contributed by atoms with E-state index < -0.39 is 0 Å². The fraction of sp³-hybridized carbons (Fsp3) is 0.182. The van der Waals surface area contributed by atoms with Gasteiger partial charge in [0.05, 0.1) is 6.21 Å². The van der Waals surface area contributed by atoms with Crippen LogP contribution >= 0.6 is 12.4 Å². The lowest BCUT2D eigenvalue weighted by atomic mass is 10.0. The first-order valence-electron chi connectivity index (χ1n) is 5.19. The summed E-state index contributed by atoms with van der Waals surface area (Å²) in [5.74, 6) is 5.93. The van der Waals surface area contributed by atoms with Crippen LogP contribution in [0, 0.1) is 13.8 Å². The van der Waals surface area contributed by atoms with E-state index in [1.807, 2.05) is 32.0 Å². The van der Waals surface area contributed by atoms with Gasteiger partial charge in [0.2, 0.25) is 0 Å². The van der Waals surface area contributed by atoms with E-state index >= 15 is 0 Å². The molecule has 0 aliphatic rings. The van der Waals surface area contributed by atoms with E-state index in [-0.39, 0.29) is 12.4 Å². The SMILES string of the molecule is Cc1cccc(C)c1C=NNc1nncn1N.Cl. The molecular weight excluding hydrogens is 252 g/mol. The summed E-state index contributed by atoms with van der Waals surface area (Å²) in [5.41, 5.74) is 6.16. The van der Waals surface area contributed by atoms with Gasteiger partial charge < -0.3 is 5.84 Å². The first-order valence-corrected chi connectivity index (χ1v) is 5.19. The van der Waals surface area contributed by atoms with Crippen molar-refractivity contribution in [2.75, 3.05) is 11.3 Å². The number of nitrogens with zero attached hydrogens (tertiary/aromatic N) is 4. The van der Waals surface area contributed by atoms with Gasteiger partial charge in [0.15, 0.2) is 0 Å². The average Bonchev–Trinajstić information content (AvgIpc) is 2.69. The van der Waals surface area contributed by atoms with Gasteiger partial charge in [-0.3, -0.25) is 0 Å². The second kappa shape index (κ2) is 6.02. The minimum absolute atomic E-state index is 0. The maximum absolute atomic E-state index is 5.54. The number of anilines is 1. The van der Waals surface area contributed by atoms with Gasteiger partial charge in [0.25, 0.3) is 5.95 Å². The van der Waals surface area contributed by atoms with E-state index in [9.17, 15) is 0 Å². The van der Waals surface area contributed by atoms with Crippen molar-refractivity contribution in [1.82, 2.24) is 14.9 Å². The number of hydrogen-bond acceptors (Lipinski definition) is 5. The van der Waals surface area contributed by atoms with Crippen molar-refractivity contribution in [3.8, 4) is 0 Å². The summed E-state index contributed by atoms with van der Waals surface area (Å²) in [6, 6.07) is 6.10. The number of nitrogen functional groups attached to an aromatic ring is 1. The van der Waals surface area contributed by atoms with Gasteiger partial charge in [0, 0.05) is 5.56 Å². The van der Waals surface area contributed by atoms with Gasteiger partial charge in [0.1, 0.15) is 6.33 Å². The van der Waals surface area contributed by atoms with Crippen LogP contribution in [0.5, 0.6) is 0 Å². The zero-order valence-electron chi connectivity index (χ0n) is 10.2. The molecule has 1 heterocycles. The Kier molecular flexibility index (Phi) is 4.67. The lowest BCUT2D eigenvalue weighted by Crippen LogP contribution is -2.10. The number of halogens is 1. The maximum Gasteiger partial charge on any atom is 0.263 e.